The molecular formula is C29H22F3N3O4S. The largest absolute Gasteiger partial charge is 0.481 e. The van der Waals surface area contributed by atoms with E-state index in [1.165, 1.54) is 0 Å². The van der Waals surface area contributed by atoms with Gasteiger partial charge in [-0.25, -0.2) is 4.98 Å². The Morgan fingerprint density at radius 3 is 2.27 bits per heavy atom. The quantitative estimate of drug-likeness (QED) is 0.252. The highest BCUT2D eigenvalue weighted by molar-refractivity contribution is 7.17. The SMILES string of the molecule is O=C(O)Cc1nc(-c2cccc3c2CC(C(=O)Nc2ccccc2)C3)sc1C(=O)Nc1ccc(C(F)(F)F)cc1. The van der Waals surface area contributed by atoms with Crippen LogP contribution in [-0.2, 0) is 35.0 Å². The first-order chi connectivity index (χ1) is 19.1. The molecule has 11 heteroatoms. The zero-order valence-electron chi connectivity index (χ0n) is 20.8. The van der Waals surface area contributed by atoms with E-state index in [-0.39, 0.29) is 28.1 Å². The number of amides is 2. The van der Waals surface area contributed by atoms with Crippen LogP contribution >= 0.6 is 11.3 Å². The molecule has 0 bridgehead atoms. The third-order valence-electron chi connectivity index (χ3n) is 6.52. The molecule has 5 rings (SSSR count). The van der Waals surface area contributed by atoms with E-state index in [0.717, 1.165) is 46.7 Å². The van der Waals surface area contributed by atoms with Gasteiger partial charge in [0.2, 0.25) is 5.91 Å². The summed E-state index contributed by atoms with van der Waals surface area (Å²) in [5, 5.41) is 15.3. The number of alkyl halides is 3. The fraction of sp³-hybridized carbons (Fsp3) is 0.172. The number of benzene rings is 3. The van der Waals surface area contributed by atoms with E-state index in [4.69, 9.17) is 0 Å². The second-order valence-corrected chi connectivity index (χ2v) is 10.3. The lowest BCUT2D eigenvalue weighted by atomic mass is 10.0. The molecule has 1 atom stereocenters. The molecule has 1 aliphatic carbocycles. The molecule has 0 saturated carbocycles. The van der Waals surface area contributed by atoms with Crippen LogP contribution in [0.4, 0.5) is 24.5 Å². The van der Waals surface area contributed by atoms with Gasteiger partial charge in [0.25, 0.3) is 5.91 Å². The first-order valence-electron chi connectivity index (χ1n) is 12.3. The predicted molar refractivity (Wildman–Crippen MR) is 144 cm³/mol. The monoisotopic (exact) mass is 565 g/mol. The number of thiazole rings is 1. The van der Waals surface area contributed by atoms with Crippen molar-refractivity contribution in [3.05, 3.63) is 100 Å². The number of carboxylic acids is 1. The Morgan fingerprint density at radius 1 is 0.900 bits per heavy atom. The summed E-state index contributed by atoms with van der Waals surface area (Å²) in [6.45, 7) is 0. The van der Waals surface area contributed by atoms with Crippen molar-refractivity contribution in [2.75, 3.05) is 10.6 Å². The van der Waals surface area contributed by atoms with Gasteiger partial charge in [0.05, 0.1) is 17.7 Å². The lowest BCUT2D eigenvalue weighted by Crippen LogP contribution is -2.23. The number of halogens is 3. The molecule has 0 saturated heterocycles. The van der Waals surface area contributed by atoms with Gasteiger partial charge >= 0.3 is 12.1 Å². The summed E-state index contributed by atoms with van der Waals surface area (Å²) < 4.78 is 38.6. The highest BCUT2D eigenvalue weighted by Gasteiger charge is 2.32. The van der Waals surface area contributed by atoms with Gasteiger partial charge in [-0.05, 0) is 60.4 Å². The third kappa shape index (κ3) is 5.89. The summed E-state index contributed by atoms with van der Waals surface area (Å²) in [6.07, 6.45) is -4.05. The van der Waals surface area contributed by atoms with Crippen molar-refractivity contribution in [3.8, 4) is 10.6 Å². The molecule has 0 radical (unpaired) electrons. The van der Waals surface area contributed by atoms with Crippen molar-refractivity contribution < 1.29 is 32.7 Å². The van der Waals surface area contributed by atoms with E-state index in [1.54, 1.807) is 0 Å². The van der Waals surface area contributed by atoms with E-state index in [9.17, 15) is 32.7 Å². The Labute approximate surface area is 230 Å². The molecule has 3 aromatic carbocycles. The van der Waals surface area contributed by atoms with Crippen molar-refractivity contribution in [2.45, 2.75) is 25.4 Å². The van der Waals surface area contributed by atoms with Crippen LogP contribution in [0.3, 0.4) is 0 Å². The minimum atomic E-state index is -4.51. The van der Waals surface area contributed by atoms with E-state index in [2.05, 4.69) is 15.6 Å². The minimum absolute atomic E-state index is 0.0471. The van der Waals surface area contributed by atoms with E-state index >= 15 is 0 Å². The molecular weight excluding hydrogens is 543 g/mol. The van der Waals surface area contributed by atoms with Crippen molar-refractivity contribution in [1.29, 1.82) is 0 Å². The highest BCUT2D eigenvalue weighted by Crippen LogP contribution is 2.38. The van der Waals surface area contributed by atoms with Crippen LogP contribution in [0.5, 0.6) is 0 Å². The molecule has 0 spiro atoms. The summed E-state index contributed by atoms with van der Waals surface area (Å²) in [5.74, 6) is -2.28. The standard InChI is InChI=1S/C29H22F3N3O4S/c30-29(31,32)18-9-11-20(12-10-18)34-27(39)25-23(15-24(36)37)35-28(40-25)21-8-4-5-16-13-17(14-22(16)21)26(38)33-19-6-2-1-3-7-19/h1-12,17H,13-15H2,(H,33,38)(H,34,39)(H,36,37). The number of aromatic nitrogens is 1. The average molecular weight is 566 g/mol. The van der Waals surface area contributed by atoms with Crippen LogP contribution in [0.1, 0.15) is 32.1 Å². The second-order valence-electron chi connectivity index (χ2n) is 9.30. The Morgan fingerprint density at radius 2 is 1.60 bits per heavy atom. The lowest BCUT2D eigenvalue weighted by molar-refractivity contribution is -0.138. The number of hydrogen-bond acceptors (Lipinski definition) is 5. The maximum atomic E-state index is 13.1. The summed E-state index contributed by atoms with van der Waals surface area (Å²) in [4.78, 5) is 42.1. The molecule has 0 aliphatic heterocycles. The first-order valence-corrected chi connectivity index (χ1v) is 13.1. The van der Waals surface area contributed by atoms with Crippen molar-refractivity contribution in [3.63, 3.8) is 0 Å². The maximum absolute atomic E-state index is 13.1. The number of rotatable bonds is 7. The lowest BCUT2D eigenvalue weighted by Gasteiger charge is -2.10. The zero-order valence-corrected chi connectivity index (χ0v) is 21.6. The average Bonchev–Trinajstić information content (AvgIpc) is 3.53. The summed E-state index contributed by atoms with van der Waals surface area (Å²) in [5.41, 5.74) is 2.60. The molecule has 7 nitrogen and oxygen atoms in total. The number of carboxylic acid groups (broad SMARTS) is 1. The second kappa shape index (κ2) is 10.9. The Balaban J connectivity index is 1.39. The minimum Gasteiger partial charge on any atom is -0.481 e. The third-order valence-corrected chi connectivity index (χ3v) is 7.65. The van der Waals surface area contributed by atoms with Gasteiger partial charge in [-0.2, -0.15) is 13.2 Å². The van der Waals surface area contributed by atoms with Gasteiger partial charge in [-0.3, -0.25) is 14.4 Å². The predicted octanol–water partition coefficient (Wildman–Crippen LogP) is 6.06. The van der Waals surface area contributed by atoms with Gasteiger partial charge in [0.15, 0.2) is 0 Å². The Bertz CT molecular complexity index is 1580. The zero-order chi connectivity index (χ0) is 28.4. The molecule has 1 aromatic heterocycles. The number of anilines is 2. The Hall–Kier alpha value is -4.51. The van der Waals surface area contributed by atoms with Crippen LogP contribution in [0, 0.1) is 5.92 Å². The fourth-order valence-electron chi connectivity index (χ4n) is 4.64. The molecule has 40 heavy (non-hydrogen) atoms. The van der Waals surface area contributed by atoms with E-state index < -0.39 is 30.0 Å². The first kappa shape index (κ1) is 27.1. The fourth-order valence-corrected chi connectivity index (χ4v) is 5.67. The van der Waals surface area contributed by atoms with Crippen LogP contribution in [0.25, 0.3) is 10.6 Å². The van der Waals surface area contributed by atoms with Crippen LogP contribution in [0.15, 0.2) is 72.8 Å². The van der Waals surface area contributed by atoms with Crippen molar-refractivity contribution in [1.82, 2.24) is 4.98 Å². The highest BCUT2D eigenvalue weighted by atomic mass is 32.1. The number of para-hydroxylation sites is 1. The van der Waals surface area contributed by atoms with Crippen LogP contribution < -0.4 is 10.6 Å². The summed E-state index contributed by atoms with van der Waals surface area (Å²) >= 11 is 1.00. The molecule has 3 N–H and O–H groups in total. The number of nitrogens with one attached hydrogen (secondary N) is 2. The number of carbonyl (C=O) groups is 3. The van der Waals surface area contributed by atoms with Gasteiger partial charge in [-0.15, -0.1) is 11.3 Å². The molecule has 1 heterocycles. The van der Waals surface area contributed by atoms with E-state index in [1.807, 2.05) is 48.5 Å². The number of carbonyl (C=O) groups excluding carboxylic acids is 2. The number of nitrogens with zero attached hydrogens (tertiary/aromatic N) is 1. The van der Waals surface area contributed by atoms with Crippen molar-refractivity contribution >= 4 is 40.5 Å². The topological polar surface area (TPSA) is 108 Å². The van der Waals surface area contributed by atoms with Crippen LogP contribution in [0.2, 0.25) is 0 Å². The number of aliphatic carboxylic acids is 1. The van der Waals surface area contributed by atoms with E-state index in [0.29, 0.717) is 29.1 Å². The van der Waals surface area contributed by atoms with Gasteiger partial charge in [0, 0.05) is 22.9 Å². The van der Waals surface area contributed by atoms with Crippen LogP contribution in [-0.4, -0.2) is 27.9 Å². The molecule has 0 fully saturated rings. The van der Waals surface area contributed by atoms with Crippen molar-refractivity contribution in [2.24, 2.45) is 5.92 Å². The maximum Gasteiger partial charge on any atom is 0.416 e. The summed E-state index contributed by atoms with van der Waals surface area (Å²) in [6, 6.07) is 18.7. The summed E-state index contributed by atoms with van der Waals surface area (Å²) in [7, 11) is 0. The molecule has 1 aliphatic rings. The number of fused-ring (bicyclic) bond motifs is 1. The molecule has 204 valence electrons. The molecule has 4 aromatic rings. The molecule has 2 amide bonds. The van der Waals surface area contributed by atoms with Gasteiger partial charge in [-0.1, -0.05) is 36.4 Å². The normalized spacial score (nSPS) is 14.4. The smallest absolute Gasteiger partial charge is 0.416 e. The molecule has 1 unspecified atom stereocenters. The van der Waals surface area contributed by atoms with Gasteiger partial charge in [0.1, 0.15) is 9.88 Å². The van der Waals surface area contributed by atoms with Gasteiger partial charge < -0.3 is 15.7 Å². The number of hydrogen-bond donors (Lipinski definition) is 3. The Kier molecular flexibility index (Phi) is 7.40.